The van der Waals surface area contributed by atoms with Crippen LogP contribution in [0.5, 0.6) is 0 Å². The molecule has 0 heterocycles. The number of nitrogens with zero attached hydrogens (tertiary/aromatic N) is 2. The van der Waals surface area contributed by atoms with E-state index in [0.29, 0.717) is 29.4 Å². The van der Waals surface area contributed by atoms with Crippen LogP contribution in [0.25, 0.3) is 0 Å². The summed E-state index contributed by atoms with van der Waals surface area (Å²) in [5.41, 5.74) is 2.93. The van der Waals surface area contributed by atoms with Gasteiger partial charge in [0, 0.05) is 37.7 Å². The van der Waals surface area contributed by atoms with E-state index in [2.05, 4.69) is 22.8 Å². The zero-order valence-electron chi connectivity index (χ0n) is 30.7. The van der Waals surface area contributed by atoms with Crippen molar-refractivity contribution in [2.75, 3.05) is 24.2 Å². The molecule has 0 aromatic heterocycles. The average Bonchev–Trinajstić information content (AvgIpc) is 3.98. The normalized spacial score (nSPS) is 16.8. The Labute approximate surface area is 300 Å². The van der Waals surface area contributed by atoms with E-state index in [-0.39, 0.29) is 30.6 Å². The second-order valence-corrected chi connectivity index (χ2v) is 15.5. The lowest BCUT2D eigenvalue weighted by Gasteiger charge is -2.28. The highest BCUT2D eigenvalue weighted by molar-refractivity contribution is 6.06. The first kappa shape index (κ1) is 37.2. The number of ether oxygens (including phenoxy) is 3. The Morgan fingerprint density at radius 3 is 1.92 bits per heavy atom. The van der Waals surface area contributed by atoms with E-state index in [9.17, 15) is 19.2 Å². The quantitative estimate of drug-likeness (QED) is 0.192. The summed E-state index contributed by atoms with van der Waals surface area (Å²) in [5.74, 6) is 0.495. The molecule has 1 unspecified atom stereocenters. The predicted octanol–water partition coefficient (Wildman–Crippen LogP) is 8.56. The van der Waals surface area contributed by atoms with Gasteiger partial charge >= 0.3 is 18.3 Å². The third-order valence-corrected chi connectivity index (χ3v) is 8.47. The summed E-state index contributed by atoms with van der Waals surface area (Å²) in [6, 6.07) is 22.0. The molecule has 5 rings (SSSR count). The molecule has 0 radical (unpaired) electrons. The molecule has 3 aromatic carbocycles. The second kappa shape index (κ2) is 15.4. The number of carbonyl (C=O) groups excluding carboxylic acids is 4. The van der Waals surface area contributed by atoms with Crippen LogP contribution in [-0.4, -0.2) is 64.8 Å². The third kappa shape index (κ3) is 11.2. The SMILES string of the molecule is CN(Cc1ccc(C(=O)Nc2ccccc2NC(=O)OC(C)(C)C)cc1)C(=O)OCc1ccc(C2C[C@@H]2N(CC2CC2)C(=O)OC(C)(C)C)cc1. The zero-order valence-corrected chi connectivity index (χ0v) is 30.7. The van der Waals surface area contributed by atoms with Crippen LogP contribution in [0.3, 0.4) is 0 Å². The molecule has 0 aliphatic heterocycles. The molecular formula is C40H50N4O7. The predicted molar refractivity (Wildman–Crippen MR) is 196 cm³/mol. The van der Waals surface area contributed by atoms with Crippen molar-refractivity contribution < 1.29 is 33.4 Å². The van der Waals surface area contributed by atoms with E-state index in [0.717, 1.165) is 29.7 Å². The first-order valence-corrected chi connectivity index (χ1v) is 17.5. The summed E-state index contributed by atoms with van der Waals surface area (Å²) in [6.45, 7) is 12.2. The van der Waals surface area contributed by atoms with Gasteiger partial charge in [0.1, 0.15) is 17.8 Å². The molecule has 0 bridgehead atoms. The summed E-state index contributed by atoms with van der Waals surface area (Å²) in [6.07, 6.45) is 1.93. The first-order chi connectivity index (χ1) is 24.0. The molecule has 2 atom stereocenters. The molecule has 3 aromatic rings. The molecule has 11 nitrogen and oxygen atoms in total. The molecule has 272 valence electrons. The maximum absolute atomic E-state index is 13.0. The van der Waals surface area contributed by atoms with Crippen molar-refractivity contribution in [3.8, 4) is 0 Å². The lowest BCUT2D eigenvalue weighted by atomic mass is 10.1. The van der Waals surface area contributed by atoms with Gasteiger partial charge in [-0.25, -0.2) is 14.4 Å². The van der Waals surface area contributed by atoms with Crippen molar-refractivity contribution in [1.82, 2.24) is 9.80 Å². The van der Waals surface area contributed by atoms with E-state index >= 15 is 0 Å². The van der Waals surface area contributed by atoms with Gasteiger partial charge in [-0.2, -0.15) is 0 Å². The molecule has 2 aliphatic rings. The summed E-state index contributed by atoms with van der Waals surface area (Å²) >= 11 is 0. The smallest absolute Gasteiger partial charge is 0.412 e. The Kier molecular flexibility index (Phi) is 11.3. The van der Waals surface area contributed by atoms with E-state index in [1.807, 2.05) is 37.8 Å². The standard InChI is InChI=1S/C40H50N4O7/c1-39(2,3)50-36(46)42-33-11-9-8-10-32(33)41-35(45)30-20-14-26(15-21-30)23-43(7)37(47)49-25-28-16-18-29(19-17-28)31-22-34(31)44(24-27-12-13-27)38(48)51-40(4,5)6/h8-11,14-21,27,31,34H,12-13,22-25H2,1-7H3,(H,41,45)(H,42,46)/t31?,34-/m0/s1. The highest BCUT2D eigenvalue weighted by Crippen LogP contribution is 2.46. The number of rotatable bonds is 11. The van der Waals surface area contributed by atoms with Crippen molar-refractivity contribution in [3.63, 3.8) is 0 Å². The van der Waals surface area contributed by atoms with Gasteiger partial charge in [-0.3, -0.25) is 10.1 Å². The summed E-state index contributed by atoms with van der Waals surface area (Å²) < 4.78 is 16.6. The highest BCUT2D eigenvalue weighted by atomic mass is 16.6. The van der Waals surface area contributed by atoms with Crippen LogP contribution < -0.4 is 10.6 Å². The van der Waals surface area contributed by atoms with Gasteiger partial charge in [0.05, 0.1) is 11.4 Å². The molecule has 51 heavy (non-hydrogen) atoms. The number of nitrogens with one attached hydrogen (secondary N) is 2. The van der Waals surface area contributed by atoms with Gasteiger partial charge in [-0.05, 0) is 108 Å². The minimum atomic E-state index is -0.660. The van der Waals surface area contributed by atoms with Gasteiger partial charge in [0.15, 0.2) is 0 Å². The fourth-order valence-electron chi connectivity index (χ4n) is 5.65. The van der Waals surface area contributed by atoms with Crippen molar-refractivity contribution in [3.05, 3.63) is 95.1 Å². The van der Waals surface area contributed by atoms with Crippen molar-refractivity contribution >= 4 is 35.6 Å². The second-order valence-electron chi connectivity index (χ2n) is 15.5. The molecule has 2 aliphatic carbocycles. The van der Waals surface area contributed by atoms with Gasteiger partial charge in [0.2, 0.25) is 0 Å². The number of benzene rings is 3. The van der Waals surface area contributed by atoms with Crippen molar-refractivity contribution in [1.29, 1.82) is 0 Å². The Morgan fingerprint density at radius 1 is 0.745 bits per heavy atom. The first-order valence-electron chi connectivity index (χ1n) is 17.5. The molecule has 11 heteroatoms. The molecule has 2 N–H and O–H groups in total. The molecule has 0 spiro atoms. The largest absolute Gasteiger partial charge is 0.445 e. The molecule has 0 saturated heterocycles. The van der Waals surface area contributed by atoms with E-state index in [1.54, 1.807) is 76.3 Å². The fourth-order valence-corrected chi connectivity index (χ4v) is 5.65. The number of para-hydroxylation sites is 2. The Bertz CT molecular complexity index is 1710. The summed E-state index contributed by atoms with van der Waals surface area (Å²) in [4.78, 5) is 54.4. The van der Waals surface area contributed by atoms with Gasteiger partial charge in [0.25, 0.3) is 5.91 Å². The number of carbonyl (C=O) groups is 4. The topological polar surface area (TPSA) is 127 Å². The van der Waals surface area contributed by atoms with Crippen molar-refractivity contribution in [2.45, 2.75) is 97.1 Å². The number of anilines is 2. The number of hydrogen-bond donors (Lipinski definition) is 2. The fraction of sp³-hybridized carbons (Fsp3) is 0.450. The Morgan fingerprint density at radius 2 is 1.33 bits per heavy atom. The maximum Gasteiger partial charge on any atom is 0.412 e. The molecule has 2 fully saturated rings. The van der Waals surface area contributed by atoms with Crippen LogP contribution in [0.4, 0.5) is 25.8 Å². The molecular weight excluding hydrogens is 648 g/mol. The summed E-state index contributed by atoms with van der Waals surface area (Å²) in [7, 11) is 1.66. The van der Waals surface area contributed by atoms with E-state index in [1.165, 1.54) is 17.7 Å². The van der Waals surface area contributed by atoms with Crippen LogP contribution in [0, 0.1) is 5.92 Å². The Hall–Kier alpha value is -5.06. The van der Waals surface area contributed by atoms with Crippen LogP contribution >= 0.6 is 0 Å². The number of hydrogen-bond acceptors (Lipinski definition) is 7. The minimum Gasteiger partial charge on any atom is -0.445 e. The minimum absolute atomic E-state index is 0.132. The van der Waals surface area contributed by atoms with E-state index < -0.39 is 23.4 Å². The van der Waals surface area contributed by atoms with Crippen molar-refractivity contribution in [2.24, 2.45) is 5.92 Å². The maximum atomic E-state index is 13.0. The highest BCUT2D eigenvalue weighted by Gasteiger charge is 2.47. The van der Waals surface area contributed by atoms with Gasteiger partial charge < -0.3 is 29.3 Å². The Balaban J connectivity index is 1.08. The lowest BCUT2D eigenvalue weighted by molar-refractivity contribution is 0.0220. The molecule has 2 saturated carbocycles. The van der Waals surface area contributed by atoms with Gasteiger partial charge in [-0.1, -0.05) is 48.5 Å². The lowest BCUT2D eigenvalue weighted by Crippen LogP contribution is -2.40. The van der Waals surface area contributed by atoms with E-state index in [4.69, 9.17) is 14.2 Å². The average molecular weight is 699 g/mol. The van der Waals surface area contributed by atoms with Crippen LogP contribution in [0.2, 0.25) is 0 Å². The van der Waals surface area contributed by atoms with Crippen LogP contribution in [0.15, 0.2) is 72.8 Å². The number of amides is 4. The van der Waals surface area contributed by atoms with Gasteiger partial charge in [-0.15, -0.1) is 0 Å². The molecule has 4 amide bonds. The third-order valence-electron chi connectivity index (χ3n) is 8.47. The zero-order chi connectivity index (χ0) is 36.9. The van der Waals surface area contributed by atoms with Crippen LogP contribution in [0.1, 0.15) is 93.8 Å². The summed E-state index contributed by atoms with van der Waals surface area (Å²) in [5, 5.41) is 5.51. The van der Waals surface area contributed by atoms with Crippen LogP contribution in [-0.2, 0) is 27.4 Å². The monoisotopic (exact) mass is 698 g/mol.